The SMILES string of the molecule is CCCC[C@@H]1C[C@@H](C[C@](C)(O)CCC)CC[C@H]1[C@@H]1CC[C@H]([C@@H](C)NC(=O)c2ccccc2)C1. The largest absolute Gasteiger partial charge is 0.390 e. The summed E-state index contributed by atoms with van der Waals surface area (Å²) < 4.78 is 0. The molecule has 2 saturated carbocycles. The highest BCUT2D eigenvalue weighted by Crippen LogP contribution is 2.49. The van der Waals surface area contributed by atoms with E-state index in [9.17, 15) is 9.90 Å². The number of unbranched alkanes of at least 4 members (excludes halogenated alkanes) is 1. The molecule has 2 N–H and O–H groups in total. The molecule has 186 valence electrons. The number of rotatable bonds is 11. The number of hydrogen-bond donors (Lipinski definition) is 2. The van der Waals surface area contributed by atoms with Gasteiger partial charge < -0.3 is 10.4 Å². The number of hydrogen-bond acceptors (Lipinski definition) is 2. The summed E-state index contributed by atoms with van der Waals surface area (Å²) in [6.45, 7) is 8.74. The third kappa shape index (κ3) is 7.57. The predicted octanol–water partition coefficient (Wildman–Crippen LogP) is 7.39. The topological polar surface area (TPSA) is 49.3 Å². The van der Waals surface area contributed by atoms with Gasteiger partial charge >= 0.3 is 0 Å². The van der Waals surface area contributed by atoms with Gasteiger partial charge in [0.2, 0.25) is 0 Å². The predicted molar refractivity (Wildman–Crippen MR) is 138 cm³/mol. The number of nitrogens with one attached hydrogen (secondary N) is 1. The first-order chi connectivity index (χ1) is 15.8. The monoisotopic (exact) mass is 455 g/mol. The zero-order valence-corrected chi connectivity index (χ0v) is 21.7. The summed E-state index contributed by atoms with van der Waals surface area (Å²) in [5.74, 6) is 3.81. The lowest BCUT2D eigenvalue weighted by Gasteiger charge is -2.42. The maximum absolute atomic E-state index is 12.6. The van der Waals surface area contributed by atoms with Crippen molar-refractivity contribution in [2.75, 3.05) is 0 Å². The Morgan fingerprint density at radius 3 is 2.55 bits per heavy atom. The van der Waals surface area contributed by atoms with Gasteiger partial charge in [-0.15, -0.1) is 0 Å². The minimum absolute atomic E-state index is 0.0620. The fraction of sp³-hybridized carbons (Fsp3) is 0.767. The Bertz CT molecular complexity index is 715. The van der Waals surface area contributed by atoms with Gasteiger partial charge in [-0.25, -0.2) is 0 Å². The lowest BCUT2D eigenvalue weighted by atomic mass is 9.65. The molecule has 0 spiro atoms. The van der Waals surface area contributed by atoms with Crippen molar-refractivity contribution in [1.82, 2.24) is 5.32 Å². The van der Waals surface area contributed by atoms with Crippen LogP contribution in [0, 0.1) is 29.6 Å². The number of carbonyl (C=O) groups excluding carboxylic acids is 1. The average Bonchev–Trinajstić information content (AvgIpc) is 3.28. The van der Waals surface area contributed by atoms with Crippen LogP contribution in [0.1, 0.15) is 115 Å². The van der Waals surface area contributed by atoms with E-state index in [1.165, 1.54) is 57.8 Å². The average molecular weight is 456 g/mol. The van der Waals surface area contributed by atoms with Crippen molar-refractivity contribution in [3.8, 4) is 0 Å². The molecule has 0 radical (unpaired) electrons. The Labute approximate surface area is 203 Å². The van der Waals surface area contributed by atoms with Crippen molar-refractivity contribution < 1.29 is 9.90 Å². The van der Waals surface area contributed by atoms with Gasteiger partial charge in [-0.1, -0.05) is 64.2 Å². The molecule has 3 rings (SSSR count). The van der Waals surface area contributed by atoms with Crippen molar-refractivity contribution in [2.24, 2.45) is 29.6 Å². The molecule has 33 heavy (non-hydrogen) atoms. The van der Waals surface area contributed by atoms with Crippen LogP contribution in [0.2, 0.25) is 0 Å². The second kappa shape index (κ2) is 12.4. The highest BCUT2D eigenvalue weighted by molar-refractivity contribution is 5.94. The van der Waals surface area contributed by atoms with Gasteiger partial charge in [-0.2, -0.15) is 0 Å². The fourth-order valence-electron chi connectivity index (χ4n) is 7.14. The molecule has 1 aromatic rings. The molecule has 3 heteroatoms. The standard InChI is InChI=1S/C30H49NO2/c1-5-7-11-26-19-23(21-30(4,33)18-6-2)14-17-28(26)27-16-15-25(20-27)22(3)31-29(32)24-12-9-8-10-13-24/h8-10,12-13,22-23,25-28,33H,5-7,11,14-21H2,1-4H3,(H,31,32)/t22-,23+,25+,26-,27-,28-,30-/m1/s1. The van der Waals surface area contributed by atoms with Gasteiger partial charge in [-0.05, 0) is 101 Å². The highest BCUT2D eigenvalue weighted by Gasteiger charge is 2.40. The summed E-state index contributed by atoms with van der Waals surface area (Å²) in [5.41, 5.74) is 0.266. The normalized spacial score (nSPS) is 30.5. The summed E-state index contributed by atoms with van der Waals surface area (Å²) in [5, 5.41) is 14.1. The molecule has 0 unspecified atom stereocenters. The van der Waals surface area contributed by atoms with Gasteiger partial charge in [0.1, 0.15) is 0 Å². The molecule has 0 bridgehead atoms. The van der Waals surface area contributed by atoms with Crippen LogP contribution in [0.15, 0.2) is 30.3 Å². The van der Waals surface area contributed by atoms with E-state index in [4.69, 9.17) is 0 Å². The summed E-state index contributed by atoms with van der Waals surface area (Å²) in [6, 6.07) is 9.84. The van der Waals surface area contributed by atoms with Crippen LogP contribution in [0.4, 0.5) is 0 Å². The molecule has 7 atom stereocenters. The molecule has 3 nitrogen and oxygen atoms in total. The van der Waals surface area contributed by atoms with Crippen molar-refractivity contribution in [1.29, 1.82) is 0 Å². The molecule has 2 aliphatic carbocycles. The molecule has 0 aliphatic heterocycles. The molecule has 0 saturated heterocycles. The molecule has 0 heterocycles. The molecular formula is C30H49NO2. The Balaban J connectivity index is 1.56. The van der Waals surface area contributed by atoms with Gasteiger partial charge in [0, 0.05) is 11.6 Å². The molecule has 2 fully saturated rings. The van der Waals surface area contributed by atoms with E-state index in [0.29, 0.717) is 11.8 Å². The van der Waals surface area contributed by atoms with E-state index < -0.39 is 5.60 Å². The second-order valence-electron chi connectivity index (χ2n) is 11.7. The zero-order valence-electron chi connectivity index (χ0n) is 21.7. The second-order valence-corrected chi connectivity index (χ2v) is 11.7. The summed E-state index contributed by atoms with van der Waals surface area (Å²) >= 11 is 0. The maximum atomic E-state index is 12.6. The van der Waals surface area contributed by atoms with Crippen molar-refractivity contribution in [3.63, 3.8) is 0 Å². The van der Waals surface area contributed by atoms with E-state index in [1.54, 1.807) is 0 Å². The quantitative estimate of drug-likeness (QED) is 0.365. The molecule has 2 aliphatic rings. The third-order valence-electron chi connectivity index (χ3n) is 8.82. The Morgan fingerprint density at radius 2 is 1.85 bits per heavy atom. The fourth-order valence-corrected chi connectivity index (χ4v) is 7.14. The molecule has 1 amide bonds. The maximum Gasteiger partial charge on any atom is 0.251 e. The first-order valence-corrected chi connectivity index (χ1v) is 13.9. The van der Waals surface area contributed by atoms with Crippen LogP contribution < -0.4 is 5.32 Å². The number of carbonyl (C=O) groups is 1. The number of benzene rings is 1. The lowest BCUT2D eigenvalue weighted by Crippen LogP contribution is -2.38. The van der Waals surface area contributed by atoms with Crippen LogP contribution in [0.5, 0.6) is 0 Å². The minimum atomic E-state index is -0.494. The zero-order chi connectivity index (χ0) is 23.8. The van der Waals surface area contributed by atoms with Gasteiger partial charge in [0.15, 0.2) is 0 Å². The smallest absolute Gasteiger partial charge is 0.251 e. The number of aliphatic hydroxyl groups is 1. The van der Waals surface area contributed by atoms with E-state index in [2.05, 4.69) is 33.0 Å². The highest BCUT2D eigenvalue weighted by atomic mass is 16.3. The van der Waals surface area contributed by atoms with E-state index in [1.807, 2.05) is 30.3 Å². The summed E-state index contributed by atoms with van der Waals surface area (Å²) in [4.78, 5) is 12.6. The van der Waals surface area contributed by atoms with E-state index in [0.717, 1.165) is 42.6 Å². The van der Waals surface area contributed by atoms with Crippen LogP contribution >= 0.6 is 0 Å². The lowest BCUT2D eigenvalue weighted by molar-refractivity contribution is 0.00362. The first kappa shape index (κ1) is 26.3. The van der Waals surface area contributed by atoms with Gasteiger partial charge in [0.25, 0.3) is 5.91 Å². The summed E-state index contributed by atoms with van der Waals surface area (Å²) in [6.07, 6.45) is 14.7. The van der Waals surface area contributed by atoms with E-state index in [-0.39, 0.29) is 11.9 Å². The minimum Gasteiger partial charge on any atom is -0.390 e. The molecular weight excluding hydrogens is 406 g/mol. The van der Waals surface area contributed by atoms with Crippen LogP contribution in [-0.2, 0) is 0 Å². The molecule has 0 aromatic heterocycles. The van der Waals surface area contributed by atoms with Crippen LogP contribution in [0.3, 0.4) is 0 Å². The van der Waals surface area contributed by atoms with Crippen LogP contribution in [-0.4, -0.2) is 22.7 Å². The molecule has 1 aromatic carbocycles. The third-order valence-corrected chi connectivity index (χ3v) is 8.82. The Kier molecular flexibility index (Phi) is 9.85. The first-order valence-electron chi connectivity index (χ1n) is 13.9. The number of amides is 1. The van der Waals surface area contributed by atoms with Gasteiger partial charge in [-0.3, -0.25) is 4.79 Å². The van der Waals surface area contributed by atoms with E-state index >= 15 is 0 Å². The Morgan fingerprint density at radius 1 is 1.09 bits per heavy atom. The van der Waals surface area contributed by atoms with Gasteiger partial charge in [0.05, 0.1) is 5.60 Å². The Hall–Kier alpha value is -1.35. The summed E-state index contributed by atoms with van der Waals surface area (Å²) in [7, 11) is 0. The van der Waals surface area contributed by atoms with Crippen molar-refractivity contribution in [2.45, 2.75) is 116 Å². The van der Waals surface area contributed by atoms with Crippen LogP contribution in [0.25, 0.3) is 0 Å². The van der Waals surface area contributed by atoms with Crippen molar-refractivity contribution >= 4 is 5.91 Å². The van der Waals surface area contributed by atoms with Crippen molar-refractivity contribution in [3.05, 3.63) is 35.9 Å².